The van der Waals surface area contributed by atoms with Gasteiger partial charge in [0.05, 0.1) is 16.6 Å². The van der Waals surface area contributed by atoms with Crippen LogP contribution in [-0.4, -0.2) is 33.2 Å². The topological polar surface area (TPSA) is 105 Å². The van der Waals surface area contributed by atoms with Crippen molar-refractivity contribution in [1.29, 1.82) is 0 Å². The quantitative estimate of drug-likeness (QED) is 0.871. The van der Waals surface area contributed by atoms with Crippen LogP contribution in [0.3, 0.4) is 0 Å². The van der Waals surface area contributed by atoms with Crippen LogP contribution in [0.15, 0.2) is 10.6 Å². The number of carboxylic acids is 1. The van der Waals surface area contributed by atoms with Crippen LogP contribution in [0.5, 0.6) is 0 Å². The number of aromatic nitrogens is 2. The van der Waals surface area contributed by atoms with Gasteiger partial charge in [0.15, 0.2) is 0 Å². The molecule has 130 valence electrons. The first kappa shape index (κ1) is 17.9. The molecule has 1 unspecified atom stereocenters. The Kier molecular flexibility index (Phi) is 4.91. The summed E-state index contributed by atoms with van der Waals surface area (Å²) in [5.74, 6) is -1.50. The summed E-state index contributed by atoms with van der Waals surface area (Å²) in [6.07, 6.45) is 1.04. The number of fused-ring (bicyclic) bond motifs is 1. The second-order valence-corrected chi connectivity index (χ2v) is 7.22. The summed E-state index contributed by atoms with van der Waals surface area (Å²) in [5, 5.41) is 16.3. The lowest BCUT2D eigenvalue weighted by molar-refractivity contribution is -0.139. The Bertz CT molecular complexity index is 774. The molecule has 0 fully saturated rings. The smallest absolute Gasteiger partial charge is 0.326 e. The number of nitrogens with one attached hydrogen (secondary N) is 1. The molecule has 7 heteroatoms. The third-order valence-corrected chi connectivity index (χ3v) is 3.78. The molecule has 1 atom stereocenters. The molecule has 0 aliphatic heterocycles. The summed E-state index contributed by atoms with van der Waals surface area (Å²) in [5.41, 5.74) is 1.75. The molecule has 1 amide bonds. The Morgan fingerprint density at radius 1 is 1.33 bits per heavy atom. The number of aryl methyl sites for hydroxylation is 2. The summed E-state index contributed by atoms with van der Waals surface area (Å²) in [4.78, 5) is 28.3. The molecular weight excluding hydrogens is 310 g/mol. The molecule has 2 heterocycles. The Balaban J connectivity index is 2.27. The standard InChI is InChI=1S/C17H23N3O4/c1-9-8-11(13-10(2)20-24-15(13)18-9)14(21)19-12(16(22)23)6-7-17(3,4)5/h8,12H,6-7H2,1-5H3,(H,19,21)(H,22,23). The first-order valence-corrected chi connectivity index (χ1v) is 7.86. The first-order chi connectivity index (χ1) is 11.1. The Morgan fingerprint density at radius 2 is 2.00 bits per heavy atom. The van der Waals surface area contributed by atoms with Gasteiger partial charge in [0, 0.05) is 5.69 Å². The molecule has 2 aromatic rings. The highest BCUT2D eigenvalue weighted by Gasteiger charge is 2.25. The van der Waals surface area contributed by atoms with Crippen molar-refractivity contribution in [2.45, 2.75) is 53.5 Å². The van der Waals surface area contributed by atoms with Crippen molar-refractivity contribution in [2.75, 3.05) is 0 Å². The van der Waals surface area contributed by atoms with Gasteiger partial charge >= 0.3 is 5.97 Å². The van der Waals surface area contributed by atoms with Gasteiger partial charge in [0.2, 0.25) is 0 Å². The molecule has 0 aliphatic rings. The van der Waals surface area contributed by atoms with Gasteiger partial charge in [-0.05, 0) is 38.2 Å². The van der Waals surface area contributed by atoms with Crippen LogP contribution < -0.4 is 5.32 Å². The van der Waals surface area contributed by atoms with E-state index in [2.05, 4.69) is 15.5 Å². The van der Waals surface area contributed by atoms with Gasteiger partial charge in [0.25, 0.3) is 11.6 Å². The SMILES string of the molecule is Cc1cc(C(=O)NC(CCC(C)(C)C)C(=O)O)c2c(C)noc2n1. The summed E-state index contributed by atoms with van der Waals surface area (Å²) < 4.78 is 5.11. The zero-order chi connectivity index (χ0) is 18.1. The minimum Gasteiger partial charge on any atom is -0.480 e. The van der Waals surface area contributed by atoms with Gasteiger partial charge in [-0.2, -0.15) is 0 Å². The number of hydrogen-bond donors (Lipinski definition) is 2. The molecule has 0 aliphatic carbocycles. The molecule has 0 radical (unpaired) electrons. The zero-order valence-electron chi connectivity index (χ0n) is 14.6. The van der Waals surface area contributed by atoms with E-state index in [0.29, 0.717) is 35.2 Å². The van der Waals surface area contributed by atoms with Crippen molar-refractivity contribution in [1.82, 2.24) is 15.5 Å². The number of pyridine rings is 1. The van der Waals surface area contributed by atoms with Crippen molar-refractivity contribution in [3.8, 4) is 0 Å². The van der Waals surface area contributed by atoms with E-state index in [9.17, 15) is 14.7 Å². The normalized spacial score (nSPS) is 13.0. The van der Waals surface area contributed by atoms with E-state index in [4.69, 9.17) is 4.52 Å². The van der Waals surface area contributed by atoms with Crippen molar-refractivity contribution in [3.05, 3.63) is 23.0 Å². The summed E-state index contributed by atoms with van der Waals surface area (Å²) in [6.45, 7) is 9.55. The van der Waals surface area contributed by atoms with Crippen LogP contribution in [0, 0.1) is 19.3 Å². The fraction of sp³-hybridized carbons (Fsp3) is 0.529. The van der Waals surface area contributed by atoms with Crippen LogP contribution >= 0.6 is 0 Å². The van der Waals surface area contributed by atoms with Crippen LogP contribution in [-0.2, 0) is 4.79 Å². The maximum Gasteiger partial charge on any atom is 0.326 e. The van der Waals surface area contributed by atoms with E-state index in [0.717, 1.165) is 0 Å². The maximum absolute atomic E-state index is 12.6. The van der Waals surface area contributed by atoms with E-state index >= 15 is 0 Å². The minimum absolute atomic E-state index is 0.00991. The number of amides is 1. The van der Waals surface area contributed by atoms with Crippen molar-refractivity contribution in [3.63, 3.8) is 0 Å². The van der Waals surface area contributed by atoms with Gasteiger partial charge in [-0.1, -0.05) is 25.9 Å². The molecule has 0 bridgehead atoms. The van der Waals surface area contributed by atoms with Crippen molar-refractivity contribution < 1.29 is 19.2 Å². The second-order valence-electron chi connectivity index (χ2n) is 7.22. The van der Waals surface area contributed by atoms with Gasteiger partial charge in [-0.15, -0.1) is 0 Å². The zero-order valence-corrected chi connectivity index (χ0v) is 14.6. The number of aliphatic carboxylic acids is 1. The van der Waals surface area contributed by atoms with Crippen LogP contribution in [0.25, 0.3) is 11.1 Å². The lowest BCUT2D eigenvalue weighted by Gasteiger charge is -2.21. The number of nitrogens with zero attached hydrogens (tertiary/aromatic N) is 2. The highest BCUT2D eigenvalue weighted by molar-refractivity contribution is 6.07. The Morgan fingerprint density at radius 3 is 2.58 bits per heavy atom. The average Bonchev–Trinajstić information content (AvgIpc) is 2.82. The molecule has 2 rings (SSSR count). The van der Waals surface area contributed by atoms with Gasteiger partial charge in [0.1, 0.15) is 6.04 Å². The van der Waals surface area contributed by atoms with E-state index < -0.39 is 17.9 Å². The molecular formula is C17H23N3O4. The Labute approximate surface area is 140 Å². The number of hydrogen-bond acceptors (Lipinski definition) is 5. The molecule has 24 heavy (non-hydrogen) atoms. The number of carbonyl (C=O) groups is 2. The van der Waals surface area contributed by atoms with Gasteiger partial charge in [-0.25, -0.2) is 9.78 Å². The van der Waals surface area contributed by atoms with Gasteiger partial charge < -0.3 is 14.9 Å². The monoisotopic (exact) mass is 333 g/mol. The third-order valence-electron chi connectivity index (χ3n) is 3.78. The van der Waals surface area contributed by atoms with Crippen LogP contribution in [0.1, 0.15) is 55.4 Å². The fourth-order valence-electron chi connectivity index (χ4n) is 2.47. The van der Waals surface area contributed by atoms with E-state index in [-0.39, 0.29) is 11.1 Å². The highest BCUT2D eigenvalue weighted by Crippen LogP contribution is 2.24. The summed E-state index contributed by atoms with van der Waals surface area (Å²) in [6, 6.07) is 0.672. The minimum atomic E-state index is -1.04. The largest absolute Gasteiger partial charge is 0.480 e. The van der Waals surface area contributed by atoms with Gasteiger partial charge in [-0.3, -0.25) is 4.79 Å². The molecule has 2 N–H and O–H groups in total. The Hall–Kier alpha value is -2.44. The third kappa shape index (κ3) is 4.10. The second kappa shape index (κ2) is 6.59. The molecule has 0 saturated carbocycles. The highest BCUT2D eigenvalue weighted by atomic mass is 16.5. The predicted molar refractivity (Wildman–Crippen MR) is 88.9 cm³/mol. The molecule has 2 aromatic heterocycles. The maximum atomic E-state index is 12.6. The average molecular weight is 333 g/mol. The predicted octanol–water partition coefficient (Wildman–Crippen LogP) is 2.85. The molecule has 7 nitrogen and oxygen atoms in total. The summed E-state index contributed by atoms with van der Waals surface area (Å²) >= 11 is 0. The number of carboxylic acid groups (broad SMARTS) is 1. The van der Waals surface area contributed by atoms with E-state index in [1.807, 2.05) is 20.8 Å². The number of rotatable bonds is 5. The molecule has 0 aromatic carbocycles. The molecule has 0 spiro atoms. The van der Waals surface area contributed by atoms with Crippen molar-refractivity contribution in [2.24, 2.45) is 5.41 Å². The van der Waals surface area contributed by atoms with E-state index in [1.165, 1.54) is 0 Å². The van der Waals surface area contributed by atoms with E-state index in [1.54, 1.807) is 19.9 Å². The summed E-state index contributed by atoms with van der Waals surface area (Å²) in [7, 11) is 0. The first-order valence-electron chi connectivity index (χ1n) is 7.86. The van der Waals surface area contributed by atoms with Crippen molar-refractivity contribution >= 4 is 23.0 Å². The van der Waals surface area contributed by atoms with Crippen LogP contribution in [0.2, 0.25) is 0 Å². The molecule has 0 saturated heterocycles. The lowest BCUT2D eigenvalue weighted by Crippen LogP contribution is -2.41. The van der Waals surface area contributed by atoms with Crippen LogP contribution in [0.4, 0.5) is 0 Å². The lowest BCUT2D eigenvalue weighted by atomic mass is 9.88. The fourth-order valence-corrected chi connectivity index (χ4v) is 2.47. The number of carbonyl (C=O) groups excluding carboxylic acids is 1.